The zero-order valence-electron chi connectivity index (χ0n) is 29.7. The second kappa shape index (κ2) is 11.5. The molecule has 10 aromatic rings. The maximum absolute atomic E-state index is 6.29. The van der Waals surface area contributed by atoms with Crippen LogP contribution in [0.3, 0.4) is 0 Å². The molecule has 0 amide bonds. The van der Waals surface area contributed by atoms with E-state index in [4.69, 9.17) is 24.4 Å². The Labute approximate surface area is 311 Å². The second-order valence-electron chi connectivity index (χ2n) is 14.7. The van der Waals surface area contributed by atoms with E-state index in [1.165, 1.54) is 27.6 Å². The SMILES string of the molecule is CC1(C)c2ccccc2-c2ccc(-c3nc(-c4ccc5ccc(-c6cc7ccccc7cn6)cc5c4)nc(-c4ccc5c(c4)oc4ccccc45)n3)cc21. The van der Waals surface area contributed by atoms with Gasteiger partial charge in [0, 0.05) is 50.0 Å². The highest BCUT2D eigenvalue weighted by Gasteiger charge is 2.35. The van der Waals surface area contributed by atoms with Crippen molar-refractivity contribution in [1.82, 2.24) is 19.9 Å². The summed E-state index contributed by atoms with van der Waals surface area (Å²) < 4.78 is 6.29. The molecule has 0 aliphatic heterocycles. The Morgan fingerprint density at radius 1 is 0.426 bits per heavy atom. The smallest absolute Gasteiger partial charge is 0.164 e. The monoisotopic (exact) mass is 692 g/mol. The molecule has 0 fully saturated rings. The summed E-state index contributed by atoms with van der Waals surface area (Å²) in [5.41, 5.74) is 11.4. The number of pyridine rings is 1. The van der Waals surface area contributed by atoms with Crippen LogP contribution in [0.5, 0.6) is 0 Å². The van der Waals surface area contributed by atoms with Crippen LogP contribution in [-0.4, -0.2) is 19.9 Å². The quantitative estimate of drug-likeness (QED) is 0.184. The number of furan rings is 1. The molecule has 5 heteroatoms. The molecule has 3 aromatic heterocycles. The average Bonchev–Trinajstić information content (AvgIpc) is 3.71. The largest absolute Gasteiger partial charge is 0.456 e. The van der Waals surface area contributed by atoms with Crippen LogP contribution in [0.1, 0.15) is 25.0 Å². The van der Waals surface area contributed by atoms with Crippen LogP contribution >= 0.6 is 0 Å². The summed E-state index contributed by atoms with van der Waals surface area (Å²) in [6.07, 6.45) is 1.95. The van der Waals surface area contributed by atoms with Crippen LogP contribution in [-0.2, 0) is 5.41 Å². The lowest BCUT2D eigenvalue weighted by molar-refractivity contribution is 0.660. The molecular weight excluding hydrogens is 661 g/mol. The molecule has 5 nitrogen and oxygen atoms in total. The van der Waals surface area contributed by atoms with Gasteiger partial charge in [-0.3, -0.25) is 4.98 Å². The van der Waals surface area contributed by atoms with E-state index < -0.39 is 0 Å². The summed E-state index contributed by atoms with van der Waals surface area (Å²) in [4.78, 5) is 20.3. The van der Waals surface area contributed by atoms with Crippen molar-refractivity contribution < 1.29 is 4.42 Å². The van der Waals surface area contributed by atoms with Crippen LogP contribution in [0.2, 0.25) is 0 Å². The van der Waals surface area contributed by atoms with Crippen molar-refractivity contribution in [3.05, 3.63) is 169 Å². The summed E-state index contributed by atoms with van der Waals surface area (Å²) in [5.74, 6) is 1.83. The first-order valence-corrected chi connectivity index (χ1v) is 18.3. The van der Waals surface area contributed by atoms with Gasteiger partial charge in [0.25, 0.3) is 0 Å². The van der Waals surface area contributed by atoms with Crippen LogP contribution in [0.4, 0.5) is 0 Å². The van der Waals surface area contributed by atoms with E-state index in [-0.39, 0.29) is 5.41 Å². The van der Waals surface area contributed by atoms with E-state index in [9.17, 15) is 0 Å². The third-order valence-electron chi connectivity index (χ3n) is 11.1. The molecule has 11 rings (SSSR count). The summed E-state index contributed by atoms with van der Waals surface area (Å²) in [6.45, 7) is 4.59. The Morgan fingerprint density at radius 3 is 1.89 bits per heavy atom. The molecule has 7 aromatic carbocycles. The van der Waals surface area contributed by atoms with Crippen molar-refractivity contribution >= 4 is 43.5 Å². The number of rotatable bonds is 4. The van der Waals surface area contributed by atoms with Gasteiger partial charge in [0.1, 0.15) is 11.2 Å². The Bertz CT molecular complexity index is 3160. The highest BCUT2D eigenvalue weighted by Crippen LogP contribution is 2.49. The van der Waals surface area contributed by atoms with E-state index in [2.05, 4.69) is 135 Å². The summed E-state index contributed by atoms with van der Waals surface area (Å²) >= 11 is 0. The molecule has 254 valence electrons. The maximum Gasteiger partial charge on any atom is 0.164 e. The van der Waals surface area contributed by atoms with Crippen LogP contribution in [0, 0.1) is 0 Å². The Morgan fingerprint density at radius 2 is 1.04 bits per heavy atom. The van der Waals surface area contributed by atoms with Crippen LogP contribution in [0.15, 0.2) is 162 Å². The minimum absolute atomic E-state index is 0.150. The fourth-order valence-corrected chi connectivity index (χ4v) is 8.26. The molecule has 0 spiro atoms. The Balaban J connectivity index is 1.07. The minimum Gasteiger partial charge on any atom is -0.456 e. The molecule has 0 bridgehead atoms. The van der Waals surface area contributed by atoms with Crippen molar-refractivity contribution in [1.29, 1.82) is 0 Å². The Kier molecular flexibility index (Phi) is 6.53. The van der Waals surface area contributed by atoms with E-state index in [1.807, 2.05) is 36.5 Å². The van der Waals surface area contributed by atoms with E-state index in [0.717, 1.165) is 66.0 Å². The fraction of sp³-hybridized carbons (Fsp3) is 0.0612. The highest BCUT2D eigenvalue weighted by atomic mass is 16.3. The molecule has 3 heterocycles. The van der Waals surface area contributed by atoms with Gasteiger partial charge in [-0.2, -0.15) is 0 Å². The number of fused-ring (bicyclic) bond motifs is 8. The van der Waals surface area contributed by atoms with Gasteiger partial charge in [-0.15, -0.1) is 0 Å². The third kappa shape index (κ3) is 4.79. The molecule has 1 aliphatic carbocycles. The van der Waals surface area contributed by atoms with Gasteiger partial charge in [0.15, 0.2) is 17.5 Å². The van der Waals surface area contributed by atoms with Crippen molar-refractivity contribution in [3.8, 4) is 56.5 Å². The lowest BCUT2D eigenvalue weighted by Gasteiger charge is -2.21. The molecule has 0 unspecified atom stereocenters. The summed E-state index contributed by atoms with van der Waals surface area (Å²) in [5, 5.41) is 6.67. The molecule has 54 heavy (non-hydrogen) atoms. The van der Waals surface area contributed by atoms with Gasteiger partial charge in [-0.25, -0.2) is 15.0 Å². The first-order chi connectivity index (χ1) is 26.5. The highest BCUT2D eigenvalue weighted by molar-refractivity contribution is 6.05. The second-order valence-corrected chi connectivity index (χ2v) is 14.7. The van der Waals surface area contributed by atoms with Gasteiger partial charge in [0.05, 0.1) is 5.69 Å². The molecular formula is C49H32N4O. The van der Waals surface area contributed by atoms with Crippen LogP contribution < -0.4 is 0 Å². The van der Waals surface area contributed by atoms with Crippen molar-refractivity contribution in [3.63, 3.8) is 0 Å². The molecule has 0 atom stereocenters. The normalized spacial score (nSPS) is 13.1. The van der Waals surface area contributed by atoms with Gasteiger partial charge in [0.2, 0.25) is 0 Å². The van der Waals surface area contributed by atoms with E-state index >= 15 is 0 Å². The summed E-state index contributed by atoms with van der Waals surface area (Å²) in [7, 11) is 0. The Hall–Kier alpha value is -6.98. The standard InChI is InChI=1S/C49H32N4O/c1-49(2)41-13-7-5-11-37(41)38-21-19-33(25-42(38)49)47-51-46(52-48(53-47)34-20-22-40-39-12-6-8-14-44(39)54-45(40)27-34)32-18-16-29-15-17-31(23-36(29)24-32)43-26-30-9-3-4-10-35(30)28-50-43/h3-28H,1-2H3. The van der Waals surface area contributed by atoms with Crippen molar-refractivity contribution in [2.45, 2.75) is 19.3 Å². The molecule has 0 saturated carbocycles. The van der Waals surface area contributed by atoms with Gasteiger partial charge in [-0.05, 0) is 80.9 Å². The van der Waals surface area contributed by atoms with Gasteiger partial charge in [-0.1, -0.05) is 123 Å². The first kappa shape index (κ1) is 30.6. The number of hydrogen-bond donors (Lipinski definition) is 0. The topological polar surface area (TPSA) is 64.7 Å². The van der Waals surface area contributed by atoms with E-state index in [0.29, 0.717) is 17.5 Å². The predicted octanol–water partition coefficient (Wildman–Crippen LogP) is 12.4. The maximum atomic E-state index is 6.29. The van der Waals surface area contributed by atoms with Gasteiger partial charge < -0.3 is 4.42 Å². The zero-order chi connectivity index (χ0) is 36.0. The van der Waals surface area contributed by atoms with E-state index in [1.54, 1.807) is 0 Å². The summed E-state index contributed by atoms with van der Waals surface area (Å²) in [6, 6.07) is 53.1. The molecule has 1 aliphatic rings. The average molecular weight is 693 g/mol. The van der Waals surface area contributed by atoms with Crippen molar-refractivity contribution in [2.75, 3.05) is 0 Å². The molecule has 0 N–H and O–H groups in total. The van der Waals surface area contributed by atoms with Gasteiger partial charge >= 0.3 is 0 Å². The number of para-hydroxylation sites is 1. The third-order valence-corrected chi connectivity index (χ3v) is 11.1. The molecule has 0 radical (unpaired) electrons. The zero-order valence-corrected chi connectivity index (χ0v) is 29.7. The fourth-order valence-electron chi connectivity index (χ4n) is 8.26. The molecule has 0 saturated heterocycles. The minimum atomic E-state index is -0.150. The number of aromatic nitrogens is 4. The first-order valence-electron chi connectivity index (χ1n) is 18.3. The number of hydrogen-bond acceptors (Lipinski definition) is 5. The van der Waals surface area contributed by atoms with Crippen LogP contribution in [0.25, 0.3) is 100 Å². The lowest BCUT2D eigenvalue weighted by atomic mass is 9.82. The number of benzene rings is 7. The van der Waals surface area contributed by atoms with Crippen molar-refractivity contribution in [2.24, 2.45) is 0 Å². The lowest BCUT2D eigenvalue weighted by Crippen LogP contribution is -2.15. The number of nitrogens with zero attached hydrogens (tertiary/aromatic N) is 4. The predicted molar refractivity (Wildman–Crippen MR) is 219 cm³/mol.